The van der Waals surface area contributed by atoms with Gasteiger partial charge in [0.25, 0.3) is 0 Å². The first kappa shape index (κ1) is 11.0. The highest BCUT2D eigenvalue weighted by molar-refractivity contribution is 4.75. The van der Waals surface area contributed by atoms with Gasteiger partial charge in [0.05, 0.1) is 0 Å². The lowest BCUT2D eigenvalue weighted by Gasteiger charge is -2.15. The second-order valence-corrected chi connectivity index (χ2v) is 4.27. The van der Waals surface area contributed by atoms with Gasteiger partial charge in [0.2, 0.25) is 0 Å². The molecule has 1 N–H and O–H groups in total. The van der Waals surface area contributed by atoms with E-state index in [1.54, 1.807) is 0 Å². The minimum absolute atomic E-state index is 1.04. The van der Waals surface area contributed by atoms with Crippen LogP contribution in [0, 0.1) is 5.92 Å². The third-order valence-corrected chi connectivity index (χ3v) is 2.66. The molecule has 1 rings (SSSR count). The first-order valence-electron chi connectivity index (χ1n) is 5.72. The SMILES string of the molecule is CCNCCCCN(C)CC1CC1. The zero-order valence-electron chi connectivity index (χ0n) is 9.18. The van der Waals surface area contributed by atoms with Crippen LogP contribution in [0.3, 0.4) is 0 Å². The minimum Gasteiger partial charge on any atom is -0.317 e. The topological polar surface area (TPSA) is 15.3 Å². The summed E-state index contributed by atoms with van der Waals surface area (Å²) in [4.78, 5) is 2.49. The van der Waals surface area contributed by atoms with Crippen LogP contribution in [0.5, 0.6) is 0 Å². The molecule has 0 aliphatic heterocycles. The van der Waals surface area contributed by atoms with Crippen molar-refractivity contribution in [3.8, 4) is 0 Å². The average molecular weight is 184 g/mol. The van der Waals surface area contributed by atoms with E-state index in [0.717, 1.165) is 12.5 Å². The average Bonchev–Trinajstić information content (AvgIpc) is 2.88. The number of nitrogens with zero attached hydrogens (tertiary/aromatic N) is 1. The van der Waals surface area contributed by atoms with Crippen molar-refractivity contribution in [1.82, 2.24) is 10.2 Å². The molecule has 1 aliphatic rings. The van der Waals surface area contributed by atoms with E-state index in [1.165, 1.54) is 45.3 Å². The van der Waals surface area contributed by atoms with Crippen LogP contribution in [0.2, 0.25) is 0 Å². The van der Waals surface area contributed by atoms with Gasteiger partial charge in [-0.15, -0.1) is 0 Å². The van der Waals surface area contributed by atoms with E-state index in [9.17, 15) is 0 Å². The molecular formula is C11H24N2. The predicted octanol–water partition coefficient (Wildman–Crippen LogP) is 1.72. The summed E-state index contributed by atoms with van der Waals surface area (Å²) in [7, 11) is 2.26. The maximum Gasteiger partial charge on any atom is 0.000661 e. The van der Waals surface area contributed by atoms with Gasteiger partial charge < -0.3 is 10.2 Å². The normalized spacial score (nSPS) is 16.8. The summed E-state index contributed by atoms with van der Waals surface area (Å²) in [6.07, 6.45) is 5.61. The Balaban J connectivity index is 1.80. The number of rotatable bonds is 8. The quantitative estimate of drug-likeness (QED) is 0.578. The molecular weight excluding hydrogens is 160 g/mol. The molecule has 0 spiro atoms. The Kier molecular flexibility index (Phi) is 5.40. The van der Waals surface area contributed by atoms with Crippen LogP contribution in [0.1, 0.15) is 32.6 Å². The van der Waals surface area contributed by atoms with Gasteiger partial charge in [-0.05, 0) is 58.3 Å². The Morgan fingerprint density at radius 1 is 1.31 bits per heavy atom. The smallest absolute Gasteiger partial charge is 0.000661 e. The van der Waals surface area contributed by atoms with Crippen molar-refractivity contribution in [3.63, 3.8) is 0 Å². The summed E-state index contributed by atoms with van der Waals surface area (Å²) in [6.45, 7) is 7.08. The first-order chi connectivity index (χ1) is 6.33. The predicted molar refractivity (Wildman–Crippen MR) is 58.0 cm³/mol. The lowest BCUT2D eigenvalue weighted by atomic mass is 10.3. The van der Waals surface area contributed by atoms with Crippen molar-refractivity contribution >= 4 is 0 Å². The van der Waals surface area contributed by atoms with Crippen molar-refractivity contribution in [2.45, 2.75) is 32.6 Å². The van der Waals surface area contributed by atoms with Crippen LogP contribution in [0.4, 0.5) is 0 Å². The molecule has 0 saturated heterocycles. The van der Waals surface area contributed by atoms with E-state index < -0.39 is 0 Å². The van der Waals surface area contributed by atoms with E-state index in [-0.39, 0.29) is 0 Å². The third kappa shape index (κ3) is 6.05. The molecule has 0 aromatic rings. The molecule has 0 heterocycles. The summed E-state index contributed by atoms with van der Waals surface area (Å²) in [5.74, 6) is 1.04. The van der Waals surface area contributed by atoms with Gasteiger partial charge in [0.1, 0.15) is 0 Å². The van der Waals surface area contributed by atoms with Crippen molar-refractivity contribution in [3.05, 3.63) is 0 Å². The van der Waals surface area contributed by atoms with Gasteiger partial charge in [-0.3, -0.25) is 0 Å². The van der Waals surface area contributed by atoms with Crippen LogP contribution in [0.15, 0.2) is 0 Å². The molecule has 0 bridgehead atoms. The molecule has 1 fully saturated rings. The van der Waals surface area contributed by atoms with Gasteiger partial charge >= 0.3 is 0 Å². The Morgan fingerprint density at radius 3 is 2.69 bits per heavy atom. The van der Waals surface area contributed by atoms with Crippen LogP contribution in [-0.2, 0) is 0 Å². The standard InChI is InChI=1S/C11H24N2/c1-3-12-8-4-5-9-13(2)10-11-6-7-11/h11-12H,3-10H2,1-2H3. The zero-order valence-corrected chi connectivity index (χ0v) is 9.18. The number of nitrogens with one attached hydrogen (secondary N) is 1. The largest absolute Gasteiger partial charge is 0.317 e. The maximum absolute atomic E-state index is 3.36. The molecule has 2 heteroatoms. The Bertz CT molecular complexity index is 121. The molecule has 13 heavy (non-hydrogen) atoms. The van der Waals surface area contributed by atoms with Crippen molar-refractivity contribution < 1.29 is 0 Å². The third-order valence-electron chi connectivity index (χ3n) is 2.66. The molecule has 0 aromatic heterocycles. The molecule has 0 aromatic carbocycles. The van der Waals surface area contributed by atoms with Gasteiger partial charge in [-0.2, -0.15) is 0 Å². The summed E-state index contributed by atoms with van der Waals surface area (Å²) >= 11 is 0. The lowest BCUT2D eigenvalue weighted by Crippen LogP contribution is -2.23. The second kappa shape index (κ2) is 6.39. The molecule has 0 amide bonds. The van der Waals surface area contributed by atoms with E-state index in [0.29, 0.717) is 0 Å². The monoisotopic (exact) mass is 184 g/mol. The summed E-state index contributed by atoms with van der Waals surface area (Å²) < 4.78 is 0. The van der Waals surface area contributed by atoms with Crippen LogP contribution in [0.25, 0.3) is 0 Å². The Morgan fingerprint density at radius 2 is 2.08 bits per heavy atom. The van der Waals surface area contributed by atoms with E-state index in [4.69, 9.17) is 0 Å². The summed E-state index contributed by atoms with van der Waals surface area (Å²) in [5, 5.41) is 3.36. The molecule has 1 aliphatic carbocycles. The zero-order chi connectivity index (χ0) is 9.52. The van der Waals surface area contributed by atoms with Crippen LogP contribution >= 0.6 is 0 Å². The van der Waals surface area contributed by atoms with Gasteiger partial charge in [-0.25, -0.2) is 0 Å². The van der Waals surface area contributed by atoms with Gasteiger partial charge in [-0.1, -0.05) is 6.92 Å². The minimum atomic E-state index is 1.04. The summed E-state index contributed by atoms with van der Waals surface area (Å²) in [6, 6.07) is 0. The van der Waals surface area contributed by atoms with E-state index in [2.05, 4.69) is 24.2 Å². The fourth-order valence-corrected chi connectivity index (χ4v) is 1.64. The molecule has 0 unspecified atom stereocenters. The number of hydrogen-bond acceptors (Lipinski definition) is 2. The number of unbranched alkanes of at least 4 members (excludes halogenated alkanes) is 1. The van der Waals surface area contributed by atoms with Crippen molar-refractivity contribution in [1.29, 1.82) is 0 Å². The van der Waals surface area contributed by atoms with Crippen molar-refractivity contribution in [2.24, 2.45) is 5.92 Å². The summed E-state index contributed by atoms with van der Waals surface area (Å²) in [5.41, 5.74) is 0. The molecule has 0 atom stereocenters. The highest BCUT2D eigenvalue weighted by atomic mass is 15.1. The first-order valence-corrected chi connectivity index (χ1v) is 5.72. The highest BCUT2D eigenvalue weighted by Crippen LogP contribution is 2.29. The molecule has 1 saturated carbocycles. The van der Waals surface area contributed by atoms with E-state index in [1.807, 2.05) is 0 Å². The van der Waals surface area contributed by atoms with Crippen LogP contribution in [-0.4, -0.2) is 38.1 Å². The Labute approximate surface area is 82.7 Å². The molecule has 2 nitrogen and oxygen atoms in total. The highest BCUT2D eigenvalue weighted by Gasteiger charge is 2.22. The lowest BCUT2D eigenvalue weighted by molar-refractivity contribution is 0.312. The second-order valence-electron chi connectivity index (χ2n) is 4.27. The van der Waals surface area contributed by atoms with Gasteiger partial charge in [0, 0.05) is 6.54 Å². The van der Waals surface area contributed by atoms with Crippen LogP contribution < -0.4 is 5.32 Å². The molecule has 78 valence electrons. The molecule has 0 radical (unpaired) electrons. The maximum atomic E-state index is 3.36. The Hall–Kier alpha value is -0.0800. The fraction of sp³-hybridized carbons (Fsp3) is 1.00. The van der Waals surface area contributed by atoms with E-state index >= 15 is 0 Å². The number of hydrogen-bond donors (Lipinski definition) is 1. The fourth-order valence-electron chi connectivity index (χ4n) is 1.64. The van der Waals surface area contributed by atoms with Crippen molar-refractivity contribution in [2.75, 3.05) is 33.2 Å². The van der Waals surface area contributed by atoms with Gasteiger partial charge in [0.15, 0.2) is 0 Å².